The molecule has 1 amide bonds. The summed E-state index contributed by atoms with van der Waals surface area (Å²) in [6, 6.07) is 2.53. The molecule has 5 heteroatoms. The van der Waals surface area contributed by atoms with Crippen LogP contribution in [0.5, 0.6) is 0 Å². The Balaban J connectivity index is 2.50. The fraction of sp³-hybridized carbons (Fsp3) is 0.400. The summed E-state index contributed by atoms with van der Waals surface area (Å²) < 4.78 is 17.4. The van der Waals surface area contributed by atoms with Crippen molar-refractivity contribution in [1.29, 1.82) is 0 Å². The lowest BCUT2D eigenvalue weighted by Crippen LogP contribution is -2.31. The Bertz CT molecular complexity index is 327. The Morgan fingerprint density at radius 3 is 2.93 bits per heavy atom. The van der Waals surface area contributed by atoms with Crippen LogP contribution in [0, 0.1) is 5.95 Å². The summed E-state index contributed by atoms with van der Waals surface area (Å²) in [5.74, 6) is -0.886. The van der Waals surface area contributed by atoms with Crippen molar-refractivity contribution in [3.63, 3.8) is 0 Å². The number of amides is 1. The van der Waals surface area contributed by atoms with E-state index in [1.54, 1.807) is 7.11 Å². The van der Waals surface area contributed by atoms with E-state index in [0.29, 0.717) is 12.1 Å². The number of carbonyl (C=O) groups excluding carboxylic acids is 1. The molecule has 82 valence electrons. The highest BCUT2D eigenvalue weighted by molar-refractivity contribution is 5.93. The molecule has 0 spiro atoms. The fourth-order valence-electron chi connectivity index (χ4n) is 0.932. The first-order valence-electron chi connectivity index (χ1n) is 4.56. The molecule has 0 bridgehead atoms. The van der Waals surface area contributed by atoms with Gasteiger partial charge in [0.25, 0.3) is 5.91 Å². The molecule has 1 N–H and O–H groups in total. The summed E-state index contributed by atoms with van der Waals surface area (Å²) in [5, 5.41) is 2.64. The molecule has 1 atom stereocenters. The van der Waals surface area contributed by atoms with E-state index in [9.17, 15) is 9.18 Å². The minimum atomic E-state index is -0.600. The molecule has 1 unspecified atom stereocenters. The number of nitrogens with zero attached hydrogens (tertiary/aromatic N) is 1. The second-order valence-corrected chi connectivity index (χ2v) is 3.13. The molecule has 0 aliphatic heterocycles. The van der Waals surface area contributed by atoms with Crippen molar-refractivity contribution in [2.45, 2.75) is 13.0 Å². The highest BCUT2D eigenvalue weighted by Crippen LogP contribution is 1.98. The van der Waals surface area contributed by atoms with Crippen LogP contribution in [0.1, 0.15) is 17.3 Å². The molecular formula is C10H13FN2O2. The van der Waals surface area contributed by atoms with Crippen molar-refractivity contribution in [3.8, 4) is 0 Å². The lowest BCUT2D eigenvalue weighted by atomic mass is 10.2. The quantitative estimate of drug-likeness (QED) is 0.757. The number of hydrogen-bond donors (Lipinski definition) is 1. The number of nitrogens with one attached hydrogen (secondary N) is 1. The van der Waals surface area contributed by atoms with E-state index < -0.39 is 5.95 Å². The standard InChI is InChI=1S/C10H13FN2O2/c1-7(15-2)5-13-10(14)8-3-4-9(11)12-6-8/h3-4,6-7H,5H2,1-2H3,(H,13,14). The summed E-state index contributed by atoms with van der Waals surface area (Å²) in [6.07, 6.45) is 1.14. The van der Waals surface area contributed by atoms with Crippen molar-refractivity contribution in [2.24, 2.45) is 0 Å². The predicted molar refractivity (Wildman–Crippen MR) is 53.0 cm³/mol. The third kappa shape index (κ3) is 3.63. The third-order valence-corrected chi connectivity index (χ3v) is 1.94. The molecule has 0 radical (unpaired) electrons. The van der Waals surface area contributed by atoms with E-state index in [1.165, 1.54) is 12.3 Å². The van der Waals surface area contributed by atoms with Gasteiger partial charge in [-0.15, -0.1) is 0 Å². The summed E-state index contributed by atoms with van der Waals surface area (Å²) >= 11 is 0. The van der Waals surface area contributed by atoms with Gasteiger partial charge < -0.3 is 10.1 Å². The van der Waals surface area contributed by atoms with Gasteiger partial charge in [0, 0.05) is 19.9 Å². The zero-order valence-electron chi connectivity index (χ0n) is 8.66. The maximum atomic E-state index is 12.5. The van der Waals surface area contributed by atoms with E-state index in [1.807, 2.05) is 6.92 Å². The maximum Gasteiger partial charge on any atom is 0.252 e. The molecule has 15 heavy (non-hydrogen) atoms. The molecule has 1 heterocycles. The molecule has 0 saturated carbocycles. The van der Waals surface area contributed by atoms with E-state index in [0.717, 1.165) is 6.07 Å². The van der Waals surface area contributed by atoms with Crippen LogP contribution in [0.25, 0.3) is 0 Å². The molecule has 1 aromatic rings. The van der Waals surface area contributed by atoms with Crippen molar-refractivity contribution < 1.29 is 13.9 Å². The van der Waals surface area contributed by atoms with Gasteiger partial charge in [0.1, 0.15) is 0 Å². The SMILES string of the molecule is COC(C)CNC(=O)c1ccc(F)nc1. The minimum Gasteiger partial charge on any atom is -0.380 e. The first-order valence-corrected chi connectivity index (χ1v) is 4.56. The van der Waals surface area contributed by atoms with Crippen LogP contribution in [0.4, 0.5) is 4.39 Å². The number of methoxy groups -OCH3 is 1. The van der Waals surface area contributed by atoms with E-state index in [-0.39, 0.29) is 12.0 Å². The predicted octanol–water partition coefficient (Wildman–Crippen LogP) is 0.985. The largest absolute Gasteiger partial charge is 0.380 e. The number of hydrogen-bond acceptors (Lipinski definition) is 3. The first-order chi connectivity index (χ1) is 7.13. The molecule has 0 aliphatic carbocycles. The normalized spacial score (nSPS) is 12.2. The topological polar surface area (TPSA) is 51.2 Å². The molecule has 0 saturated heterocycles. The number of carbonyl (C=O) groups is 1. The average Bonchev–Trinajstić information content (AvgIpc) is 2.26. The summed E-state index contributed by atoms with van der Waals surface area (Å²) in [5.41, 5.74) is 0.333. The van der Waals surface area contributed by atoms with Crippen LogP contribution in [0.3, 0.4) is 0 Å². The summed E-state index contributed by atoms with van der Waals surface area (Å²) in [7, 11) is 1.57. The van der Waals surface area contributed by atoms with Gasteiger partial charge in [0.05, 0.1) is 11.7 Å². The van der Waals surface area contributed by atoms with Gasteiger partial charge in [-0.25, -0.2) is 4.98 Å². The average molecular weight is 212 g/mol. The Morgan fingerprint density at radius 1 is 1.67 bits per heavy atom. The van der Waals surface area contributed by atoms with Crippen LogP contribution >= 0.6 is 0 Å². The molecule has 1 rings (SSSR count). The third-order valence-electron chi connectivity index (χ3n) is 1.94. The lowest BCUT2D eigenvalue weighted by Gasteiger charge is -2.10. The Kier molecular flexibility index (Phi) is 4.17. The zero-order chi connectivity index (χ0) is 11.3. The molecule has 0 aliphatic rings. The Labute approximate surface area is 87.5 Å². The van der Waals surface area contributed by atoms with Gasteiger partial charge in [-0.05, 0) is 19.1 Å². The lowest BCUT2D eigenvalue weighted by molar-refractivity contribution is 0.0870. The molecule has 0 fully saturated rings. The molecule has 4 nitrogen and oxygen atoms in total. The number of rotatable bonds is 4. The molecular weight excluding hydrogens is 199 g/mol. The van der Waals surface area contributed by atoms with Gasteiger partial charge in [0.15, 0.2) is 0 Å². The van der Waals surface area contributed by atoms with Crippen LogP contribution in [0.2, 0.25) is 0 Å². The smallest absolute Gasteiger partial charge is 0.252 e. The molecule has 1 aromatic heterocycles. The van der Waals surface area contributed by atoms with E-state index in [2.05, 4.69) is 10.3 Å². The van der Waals surface area contributed by atoms with Gasteiger partial charge in [-0.1, -0.05) is 0 Å². The van der Waals surface area contributed by atoms with Crippen molar-refractivity contribution in [1.82, 2.24) is 10.3 Å². The number of halogens is 1. The minimum absolute atomic E-state index is 0.0534. The van der Waals surface area contributed by atoms with Crippen molar-refractivity contribution in [3.05, 3.63) is 29.8 Å². The monoisotopic (exact) mass is 212 g/mol. The number of aromatic nitrogens is 1. The Morgan fingerprint density at radius 2 is 2.40 bits per heavy atom. The highest BCUT2D eigenvalue weighted by Gasteiger charge is 2.07. The van der Waals surface area contributed by atoms with Gasteiger partial charge in [-0.2, -0.15) is 4.39 Å². The molecule has 0 aromatic carbocycles. The van der Waals surface area contributed by atoms with Gasteiger partial charge in [-0.3, -0.25) is 4.79 Å². The zero-order valence-corrected chi connectivity index (χ0v) is 8.66. The fourth-order valence-corrected chi connectivity index (χ4v) is 0.932. The number of pyridine rings is 1. The second-order valence-electron chi connectivity index (χ2n) is 3.13. The van der Waals surface area contributed by atoms with Crippen molar-refractivity contribution >= 4 is 5.91 Å². The first kappa shape index (κ1) is 11.6. The second kappa shape index (κ2) is 5.41. The van der Waals surface area contributed by atoms with E-state index >= 15 is 0 Å². The van der Waals surface area contributed by atoms with Gasteiger partial charge in [0.2, 0.25) is 5.95 Å². The summed E-state index contributed by atoms with van der Waals surface area (Å²) in [6.45, 7) is 2.25. The van der Waals surface area contributed by atoms with Crippen molar-refractivity contribution in [2.75, 3.05) is 13.7 Å². The summed E-state index contributed by atoms with van der Waals surface area (Å²) in [4.78, 5) is 14.8. The number of ether oxygens (including phenoxy) is 1. The Hall–Kier alpha value is -1.49. The van der Waals surface area contributed by atoms with E-state index in [4.69, 9.17) is 4.74 Å². The van der Waals surface area contributed by atoms with Gasteiger partial charge >= 0.3 is 0 Å². The van der Waals surface area contributed by atoms with Crippen LogP contribution in [0.15, 0.2) is 18.3 Å². The van der Waals surface area contributed by atoms with Crippen LogP contribution < -0.4 is 5.32 Å². The highest BCUT2D eigenvalue weighted by atomic mass is 19.1. The van der Waals surface area contributed by atoms with Crippen LogP contribution in [-0.4, -0.2) is 30.6 Å². The maximum absolute atomic E-state index is 12.5. The van der Waals surface area contributed by atoms with Crippen LogP contribution in [-0.2, 0) is 4.74 Å².